The Morgan fingerprint density at radius 1 is 1.05 bits per heavy atom. The number of aliphatic hydroxyl groups excluding tert-OH is 1. The zero-order valence-corrected chi connectivity index (χ0v) is 22.2. The van der Waals surface area contributed by atoms with E-state index in [0.29, 0.717) is 39.7 Å². The summed E-state index contributed by atoms with van der Waals surface area (Å²) in [6.07, 6.45) is 2.00. The van der Waals surface area contributed by atoms with Crippen LogP contribution in [0.3, 0.4) is 0 Å². The number of hydrogen-bond donors (Lipinski definition) is 1. The van der Waals surface area contributed by atoms with E-state index in [2.05, 4.69) is 15.2 Å². The summed E-state index contributed by atoms with van der Waals surface area (Å²) in [4.78, 5) is 4.25. The van der Waals surface area contributed by atoms with Gasteiger partial charge in [0.25, 0.3) is 0 Å². The Bertz CT molecular complexity index is 1570. The lowest BCUT2D eigenvalue weighted by Crippen LogP contribution is -2.28. The lowest BCUT2D eigenvalue weighted by atomic mass is 10.1. The summed E-state index contributed by atoms with van der Waals surface area (Å²) in [6, 6.07) is 15.2. The van der Waals surface area contributed by atoms with Crippen molar-refractivity contribution in [3.63, 3.8) is 0 Å². The fourth-order valence-electron chi connectivity index (χ4n) is 4.09. The fraction of sp³-hybridized carbons (Fsp3) is 0.259. The first-order valence-corrected chi connectivity index (χ1v) is 13.4. The molecule has 0 saturated heterocycles. The number of hydrogen-bond acceptors (Lipinski definition) is 9. The SMILES string of the molecule is COc1cccc(OC)c1-n1c(CS(=O)(=O)[C@@H](C)[C@H](O)c2ccc(C#N)cc2)nnc1-c1cncc(C)c1. The second-order valence-corrected chi connectivity index (χ2v) is 11.1. The molecule has 2 aromatic carbocycles. The number of nitriles is 1. The Morgan fingerprint density at radius 3 is 2.29 bits per heavy atom. The highest BCUT2D eigenvalue weighted by Crippen LogP contribution is 2.37. The smallest absolute Gasteiger partial charge is 0.170 e. The number of rotatable bonds is 9. The fourth-order valence-corrected chi connectivity index (χ4v) is 5.45. The molecule has 4 rings (SSSR count). The van der Waals surface area contributed by atoms with Gasteiger partial charge in [0.1, 0.15) is 22.9 Å². The molecule has 11 heteroatoms. The zero-order chi connectivity index (χ0) is 27.4. The lowest BCUT2D eigenvalue weighted by molar-refractivity contribution is 0.176. The van der Waals surface area contributed by atoms with E-state index in [1.165, 1.54) is 33.3 Å². The van der Waals surface area contributed by atoms with E-state index in [0.717, 1.165) is 5.56 Å². The molecule has 0 aliphatic carbocycles. The Hall–Kier alpha value is -4.27. The average Bonchev–Trinajstić information content (AvgIpc) is 3.33. The maximum absolute atomic E-state index is 13.6. The quantitative estimate of drug-likeness (QED) is 0.342. The van der Waals surface area contributed by atoms with Gasteiger partial charge < -0.3 is 14.6 Å². The third-order valence-corrected chi connectivity index (χ3v) is 8.26. The molecule has 10 nitrogen and oxygen atoms in total. The Morgan fingerprint density at radius 2 is 1.71 bits per heavy atom. The molecule has 0 radical (unpaired) electrons. The van der Waals surface area contributed by atoms with Gasteiger partial charge in [0.15, 0.2) is 21.5 Å². The summed E-state index contributed by atoms with van der Waals surface area (Å²) >= 11 is 0. The minimum absolute atomic E-state index is 0.114. The van der Waals surface area contributed by atoms with E-state index in [-0.39, 0.29) is 5.82 Å². The van der Waals surface area contributed by atoms with Crippen molar-refractivity contribution in [2.75, 3.05) is 14.2 Å². The van der Waals surface area contributed by atoms with Crippen LogP contribution in [-0.4, -0.2) is 52.7 Å². The van der Waals surface area contributed by atoms with Crippen LogP contribution in [0.15, 0.2) is 60.9 Å². The predicted octanol–water partition coefficient (Wildman–Crippen LogP) is 3.56. The van der Waals surface area contributed by atoms with Gasteiger partial charge in [-0.1, -0.05) is 18.2 Å². The number of pyridine rings is 1. The monoisotopic (exact) mass is 533 g/mol. The second-order valence-electron chi connectivity index (χ2n) is 8.73. The first kappa shape index (κ1) is 26.8. The topological polar surface area (TPSA) is 140 Å². The highest BCUT2D eigenvalue weighted by atomic mass is 32.2. The molecular weight excluding hydrogens is 506 g/mol. The first-order chi connectivity index (χ1) is 18.2. The minimum Gasteiger partial charge on any atom is -0.494 e. The van der Waals surface area contributed by atoms with E-state index >= 15 is 0 Å². The number of aryl methyl sites for hydroxylation is 1. The summed E-state index contributed by atoms with van der Waals surface area (Å²) in [6.45, 7) is 3.33. The van der Waals surface area contributed by atoms with E-state index < -0.39 is 26.9 Å². The lowest BCUT2D eigenvalue weighted by Gasteiger charge is -2.21. The van der Waals surface area contributed by atoms with Crippen molar-refractivity contribution in [1.82, 2.24) is 19.7 Å². The molecule has 2 heterocycles. The van der Waals surface area contributed by atoms with Crippen LogP contribution in [-0.2, 0) is 15.6 Å². The van der Waals surface area contributed by atoms with Gasteiger partial charge in [-0.25, -0.2) is 8.42 Å². The molecular formula is C27H27N5O5S. The summed E-state index contributed by atoms with van der Waals surface area (Å²) in [5.41, 5.74) is 2.74. The van der Waals surface area contributed by atoms with Gasteiger partial charge in [0, 0.05) is 18.0 Å². The number of methoxy groups -OCH3 is 2. The van der Waals surface area contributed by atoms with Crippen molar-refractivity contribution < 1.29 is 23.0 Å². The van der Waals surface area contributed by atoms with E-state index in [4.69, 9.17) is 14.7 Å². The van der Waals surface area contributed by atoms with Crippen molar-refractivity contribution in [2.45, 2.75) is 31.0 Å². The van der Waals surface area contributed by atoms with E-state index in [1.54, 1.807) is 47.3 Å². The summed E-state index contributed by atoms with van der Waals surface area (Å²) < 4.78 is 39.9. The summed E-state index contributed by atoms with van der Waals surface area (Å²) in [7, 11) is -0.953. The molecule has 0 saturated carbocycles. The molecule has 0 fully saturated rings. The molecule has 2 aromatic heterocycles. The molecule has 1 N–H and O–H groups in total. The van der Waals surface area contributed by atoms with Crippen LogP contribution in [0.4, 0.5) is 0 Å². The van der Waals surface area contributed by atoms with Crippen LogP contribution in [0.5, 0.6) is 11.5 Å². The van der Waals surface area contributed by atoms with Gasteiger partial charge >= 0.3 is 0 Å². The Labute approximate surface area is 221 Å². The Balaban J connectivity index is 1.82. The largest absolute Gasteiger partial charge is 0.494 e. The normalized spacial score (nSPS) is 12.9. The molecule has 0 aliphatic rings. The third kappa shape index (κ3) is 5.22. The number of aliphatic hydroxyl groups is 1. The predicted molar refractivity (Wildman–Crippen MR) is 141 cm³/mol. The molecule has 2 atom stereocenters. The van der Waals surface area contributed by atoms with Crippen molar-refractivity contribution in [3.8, 4) is 34.6 Å². The third-order valence-electron chi connectivity index (χ3n) is 6.21. The zero-order valence-electron chi connectivity index (χ0n) is 21.4. The number of sulfone groups is 1. The van der Waals surface area contributed by atoms with Gasteiger partial charge in [-0.05, 0) is 55.3 Å². The molecule has 196 valence electrons. The minimum atomic E-state index is -3.96. The van der Waals surface area contributed by atoms with Gasteiger partial charge in [-0.2, -0.15) is 5.26 Å². The molecule has 0 aliphatic heterocycles. The maximum Gasteiger partial charge on any atom is 0.170 e. The molecule has 4 aromatic rings. The van der Waals surface area contributed by atoms with Gasteiger partial charge in [0.05, 0.1) is 37.2 Å². The number of ether oxygens (including phenoxy) is 2. The summed E-state index contributed by atoms with van der Waals surface area (Å²) in [5, 5.41) is 27.3. The van der Waals surface area contributed by atoms with Gasteiger partial charge in [-0.3, -0.25) is 9.55 Å². The standard InChI is InChI=1S/C27H27N5O5S/c1-17-12-21(15-29-14-17)27-31-30-24(32(27)25-22(36-3)6-5-7-23(25)37-4)16-38(34,35)18(2)26(33)20-10-8-19(13-28)9-11-20/h5-12,14-15,18,26,33H,16H2,1-4H3/t18-,26-/m0/s1. The molecule has 0 bridgehead atoms. The number of aromatic nitrogens is 4. The van der Waals surface area contributed by atoms with Crippen LogP contribution in [0.2, 0.25) is 0 Å². The second kappa shape index (κ2) is 11.0. The first-order valence-electron chi connectivity index (χ1n) is 11.7. The van der Waals surface area contributed by atoms with Crippen LogP contribution < -0.4 is 9.47 Å². The maximum atomic E-state index is 13.6. The van der Waals surface area contributed by atoms with Crippen LogP contribution >= 0.6 is 0 Å². The van der Waals surface area contributed by atoms with Crippen LogP contribution in [0.1, 0.15) is 35.5 Å². The van der Waals surface area contributed by atoms with E-state index in [9.17, 15) is 13.5 Å². The number of para-hydroxylation sites is 1. The average molecular weight is 534 g/mol. The highest BCUT2D eigenvalue weighted by Gasteiger charge is 2.33. The summed E-state index contributed by atoms with van der Waals surface area (Å²) in [5.74, 6) is 0.804. The van der Waals surface area contributed by atoms with Gasteiger partial charge in [-0.15, -0.1) is 10.2 Å². The van der Waals surface area contributed by atoms with Gasteiger partial charge in [0.2, 0.25) is 0 Å². The Kier molecular flexibility index (Phi) is 7.75. The van der Waals surface area contributed by atoms with Crippen molar-refractivity contribution in [2.24, 2.45) is 0 Å². The van der Waals surface area contributed by atoms with Crippen LogP contribution in [0, 0.1) is 18.3 Å². The molecule has 38 heavy (non-hydrogen) atoms. The highest BCUT2D eigenvalue weighted by molar-refractivity contribution is 7.91. The van der Waals surface area contributed by atoms with E-state index in [1.807, 2.05) is 19.1 Å². The van der Waals surface area contributed by atoms with Crippen molar-refractivity contribution in [1.29, 1.82) is 5.26 Å². The molecule has 0 spiro atoms. The van der Waals surface area contributed by atoms with Crippen molar-refractivity contribution >= 4 is 9.84 Å². The van der Waals surface area contributed by atoms with Crippen LogP contribution in [0.25, 0.3) is 17.1 Å². The molecule has 0 unspecified atom stereocenters. The van der Waals surface area contributed by atoms with Crippen molar-refractivity contribution in [3.05, 3.63) is 83.4 Å². The molecule has 0 amide bonds. The number of benzene rings is 2. The number of nitrogens with zero attached hydrogens (tertiary/aromatic N) is 5.